The minimum Gasteiger partial charge on any atom is -0.480 e. The van der Waals surface area contributed by atoms with Crippen LogP contribution in [0.15, 0.2) is 23.4 Å². The molecule has 16 heavy (non-hydrogen) atoms. The summed E-state index contributed by atoms with van der Waals surface area (Å²) in [5, 5.41) is 15.0. The summed E-state index contributed by atoms with van der Waals surface area (Å²) in [7, 11) is 0. The molecule has 0 amide bonds. The van der Waals surface area contributed by atoms with Gasteiger partial charge in [0.1, 0.15) is 10.4 Å². The summed E-state index contributed by atoms with van der Waals surface area (Å²) in [6.07, 6.45) is 1.79. The van der Waals surface area contributed by atoms with Crippen LogP contribution in [-0.2, 0) is 4.79 Å². The van der Waals surface area contributed by atoms with Gasteiger partial charge in [-0.2, -0.15) is 5.10 Å². The molecule has 5 nitrogen and oxygen atoms in total. The molecule has 0 bridgehead atoms. The summed E-state index contributed by atoms with van der Waals surface area (Å²) in [6, 6.07) is 2.56. The number of hydrazone groups is 1. The van der Waals surface area contributed by atoms with E-state index in [1.54, 1.807) is 12.1 Å². The second-order valence-corrected chi connectivity index (χ2v) is 4.57. The van der Waals surface area contributed by atoms with Crippen molar-refractivity contribution in [3.8, 4) is 0 Å². The van der Waals surface area contributed by atoms with Crippen molar-refractivity contribution < 1.29 is 9.90 Å². The Morgan fingerprint density at radius 1 is 1.62 bits per heavy atom. The van der Waals surface area contributed by atoms with Gasteiger partial charge in [0, 0.05) is 12.6 Å². The van der Waals surface area contributed by atoms with E-state index in [-0.39, 0.29) is 0 Å². The zero-order chi connectivity index (χ0) is 11.7. The number of pyridine rings is 1. The summed E-state index contributed by atoms with van der Waals surface area (Å²) in [5.41, 5.74) is 0. The molecule has 0 saturated heterocycles. The third-order valence-corrected chi connectivity index (χ3v) is 2.81. The molecule has 0 fully saturated rings. The molecule has 0 aromatic carbocycles. The maximum atomic E-state index is 11.0. The first-order valence-electron chi connectivity index (χ1n) is 4.44. The van der Waals surface area contributed by atoms with Crippen molar-refractivity contribution >= 4 is 43.9 Å². The summed E-state index contributed by atoms with van der Waals surface area (Å²) < 4.78 is 0.594. The monoisotopic (exact) mass is 303 g/mol. The standard InChI is InChI=1S/C9H7BrClN3O2/c10-7-3-6(9(15)16)14(13-7)8-2-1-5(11)4-12-8/h1-2,4,6H,3H2,(H,15,16). The average Bonchev–Trinajstić information content (AvgIpc) is 2.61. The zero-order valence-electron chi connectivity index (χ0n) is 7.97. The van der Waals surface area contributed by atoms with Gasteiger partial charge in [-0.15, -0.1) is 0 Å². The van der Waals surface area contributed by atoms with E-state index in [2.05, 4.69) is 26.0 Å². The lowest BCUT2D eigenvalue weighted by Crippen LogP contribution is -2.34. The third-order valence-electron chi connectivity index (χ3n) is 2.10. The van der Waals surface area contributed by atoms with Crippen molar-refractivity contribution in [3.05, 3.63) is 23.4 Å². The number of carboxylic acid groups (broad SMARTS) is 1. The molecule has 1 aromatic heterocycles. The molecule has 7 heteroatoms. The van der Waals surface area contributed by atoms with Gasteiger partial charge in [-0.1, -0.05) is 11.6 Å². The van der Waals surface area contributed by atoms with E-state index in [0.717, 1.165) is 0 Å². The highest BCUT2D eigenvalue weighted by Crippen LogP contribution is 2.25. The molecule has 1 aromatic rings. The number of hydrogen-bond donors (Lipinski definition) is 1. The number of carbonyl (C=O) groups is 1. The number of halogens is 2. The van der Waals surface area contributed by atoms with Gasteiger partial charge < -0.3 is 5.11 Å². The summed E-state index contributed by atoms with van der Waals surface area (Å²) >= 11 is 8.89. The van der Waals surface area contributed by atoms with Crippen molar-refractivity contribution in [1.82, 2.24) is 4.98 Å². The lowest BCUT2D eigenvalue weighted by Gasteiger charge is -2.18. The molecular weight excluding hydrogens is 297 g/mol. The first-order chi connectivity index (χ1) is 7.58. The van der Waals surface area contributed by atoms with Gasteiger partial charge >= 0.3 is 5.97 Å². The molecule has 1 unspecified atom stereocenters. The van der Waals surface area contributed by atoms with E-state index < -0.39 is 12.0 Å². The summed E-state index contributed by atoms with van der Waals surface area (Å²) in [4.78, 5) is 15.0. The fourth-order valence-corrected chi connectivity index (χ4v) is 1.97. The van der Waals surface area contributed by atoms with Crippen molar-refractivity contribution in [3.63, 3.8) is 0 Å². The smallest absolute Gasteiger partial charge is 0.329 e. The van der Waals surface area contributed by atoms with E-state index in [0.29, 0.717) is 21.9 Å². The topological polar surface area (TPSA) is 65.8 Å². The Labute approximate surface area is 105 Å². The fourth-order valence-electron chi connectivity index (χ4n) is 1.38. The van der Waals surface area contributed by atoms with Crippen LogP contribution in [0.5, 0.6) is 0 Å². The number of carboxylic acids is 1. The van der Waals surface area contributed by atoms with Crippen LogP contribution in [-0.4, -0.2) is 26.7 Å². The number of rotatable bonds is 2. The predicted molar refractivity (Wildman–Crippen MR) is 64.1 cm³/mol. The molecule has 1 aliphatic rings. The zero-order valence-corrected chi connectivity index (χ0v) is 10.3. The van der Waals surface area contributed by atoms with Crippen LogP contribution in [0.1, 0.15) is 6.42 Å². The Hall–Kier alpha value is -1.14. The van der Waals surface area contributed by atoms with E-state index in [4.69, 9.17) is 16.7 Å². The Kier molecular flexibility index (Phi) is 3.11. The maximum Gasteiger partial charge on any atom is 0.329 e. The molecule has 0 spiro atoms. The van der Waals surface area contributed by atoms with Crippen LogP contribution in [0.4, 0.5) is 5.82 Å². The molecule has 0 saturated carbocycles. The Morgan fingerprint density at radius 2 is 2.38 bits per heavy atom. The van der Waals surface area contributed by atoms with Crippen molar-refractivity contribution in [1.29, 1.82) is 0 Å². The Balaban J connectivity index is 2.31. The van der Waals surface area contributed by atoms with Gasteiger partial charge in [-0.05, 0) is 28.1 Å². The molecule has 84 valence electrons. The largest absolute Gasteiger partial charge is 0.480 e. The van der Waals surface area contributed by atoms with Crippen LogP contribution < -0.4 is 5.01 Å². The molecule has 1 atom stereocenters. The lowest BCUT2D eigenvalue weighted by atomic mass is 10.2. The molecule has 1 aliphatic heterocycles. The summed E-state index contributed by atoms with van der Waals surface area (Å²) in [5.74, 6) is -0.471. The number of aromatic nitrogens is 1. The van der Waals surface area contributed by atoms with Crippen LogP contribution >= 0.6 is 27.5 Å². The quantitative estimate of drug-likeness (QED) is 0.909. The van der Waals surface area contributed by atoms with E-state index in [1.165, 1.54) is 11.2 Å². The van der Waals surface area contributed by atoms with Crippen LogP contribution in [0.3, 0.4) is 0 Å². The van der Waals surface area contributed by atoms with Gasteiger partial charge in [0.2, 0.25) is 0 Å². The van der Waals surface area contributed by atoms with E-state index >= 15 is 0 Å². The normalized spacial score (nSPS) is 19.8. The van der Waals surface area contributed by atoms with Gasteiger partial charge in [0.25, 0.3) is 0 Å². The number of hydrogen-bond acceptors (Lipinski definition) is 4. The first kappa shape index (κ1) is 11.3. The van der Waals surface area contributed by atoms with Crippen LogP contribution in [0.25, 0.3) is 0 Å². The van der Waals surface area contributed by atoms with E-state index in [1.807, 2.05) is 0 Å². The van der Waals surface area contributed by atoms with Gasteiger partial charge in [0.15, 0.2) is 6.04 Å². The SMILES string of the molecule is O=C(O)C1CC(Br)=NN1c1ccc(Cl)cn1. The van der Waals surface area contributed by atoms with E-state index in [9.17, 15) is 4.79 Å². The predicted octanol–water partition coefficient (Wildman–Crippen LogP) is 2.11. The van der Waals surface area contributed by atoms with Crippen molar-refractivity contribution in [2.24, 2.45) is 5.10 Å². The molecule has 0 radical (unpaired) electrons. The highest BCUT2D eigenvalue weighted by atomic mass is 79.9. The van der Waals surface area contributed by atoms with Crippen molar-refractivity contribution in [2.75, 3.05) is 5.01 Å². The highest BCUT2D eigenvalue weighted by molar-refractivity contribution is 9.18. The lowest BCUT2D eigenvalue weighted by molar-refractivity contribution is -0.138. The Bertz CT molecular complexity index is 449. The van der Waals surface area contributed by atoms with Crippen molar-refractivity contribution in [2.45, 2.75) is 12.5 Å². The minimum atomic E-state index is -0.935. The fraction of sp³-hybridized carbons (Fsp3) is 0.222. The average molecular weight is 305 g/mol. The minimum absolute atomic E-state index is 0.333. The molecule has 0 aliphatic carbocycles. The second-order valence-electron chi connectivity index (χ2n) is 3.21. The molecular formula is C9H7BrClN3O2. The molecule has 2 rings (SSSR count). The highest BCUT2D eigenvalue weighted by Gasteiger charge is 2.33. The summed E-state index contributed by atoms with van der Waals surface area (Å²) in [6.45, 7) is 0. The van der Waals surface area contributed by atoms with Crippen LogP contribution in [0, 0.1) is 0 Å². The number of anilines is 1. The Morgan fingerprint density at radius 3 is 2.94 bits per heavy atom. The molecule has 1 N–H and O–H groups in total. The van der Waals surface area contributed by atoms with Crippen LogP contribution in [0.2, 0.25) is 5.02 Å². The maximum absolute atomic E-state index is 11.0. The third kappa shape index (κ3) is 2.17. The number of aliphatic carboxylic acids is 1. The van der Waals surface area contributed by atoms with Gasteiger partial charge in [0.05, 0.1) is 5.02 Å². The van der Waals surface area contributed by atoms with Gasteiger partial charge in [-0.3, -0.25) is 0 Å². The second kappa shape index (κ2) is 4.39. The first-order valence-corrected chi connectivity index (χ1v) is 5.61. The number of nitrogens with zero attached hydrogens (tertiary/aromatic N) is 3. The van der Waals surface area contributed by atoms with Gasteiger partial charge in [-0.25, -0.2) is 14.8 Å². The molecule has 2 heterocycles.